The number of benzene rings is 2. The quantitative estimate of drug-likeness (QED) is 0.370. The van der Waals surface area contributed by atoms with E-state index < -0.39 is 0 Å². The molecule has 3 heterocycles. The van der Waals surface area contributed by atoms with Gasteiger partial charge in [0, 0.05) is 12.0 Å². The standard InChI is InChI=1S/C25H25N3OS2/c1-3-30-25-26-23-22(24(29)28(25)19-11-9-17(2)10-12-19)20-13-14-27(16-21(20)31-23)15-18-7-5-4-6-8-18/h4-12H,3,13-16H2,1-2H3/p+1. The van der Waals surface area contributed by atoms with Gasteiger partial charge < -0.3 is 4.90 Å². The van der Waals surface area contributed by atoms with Crippen LogP contribution in [0.4, 0.5) is 0 Å². The molecule has 0 aliphatic carbocycles. The number of fused-ring (bicyclic) bond motifs is 3. The van der Waals surface area contributed by atoms with Crippen molar-refractivity contribution in [2.45, 2.75) is 38.5 Å². The summed E-state index contributed by atoms with van der Waals surface area (Å²) in [5.41, 5.74) is 4.75. The van der Waals surface area contributed by atoms with Gasteiger partial charge in [0.05, 0.1) is 22.5 Å². The fraction of sp³-hybridized carbons (Fsp3) is 0.280. The molecular weight excluding hydrogens is 422 g/mol. The van der Waals surface area contributed by atoms with Gasteiger partial charge in [0.2, 0.25) is 0 Å². The van der Waals surface area contributed by atoms with Crippen LogP contribution in [0.2, 0.25) is 0 Å². The zero-order valence-corrected chi connectivity index (χ0v) is 19.5. The number of quaternary nitrogens is 1. The van der Waals surface area contributed by atoms with Gasteiger partial charge in [-0.15, -0.1) is 11.3 Å². The Labute approximate surface area is 190 Å². The molecule has 0 spiro atoms. The molecule has 1 N–H and O–H groups in total. The third kappa shape index (κ3) is 3.95. The summed E-state index contributed by atoms with van der Waals surface area (Å²) < 4.78 is 1.81. The molecule has 158 valence electrons. The first-order valence-electron chi connectivity index (χ1n) is 10.8. The Morgan fingerprint density at radius 1 is 1.13 bits per heavy atom. The number of nitrogens with one attached hydrogen (secondary N) is 1. The summed E-state index contributed by atoms with van der Waals surface area (Å²) in [6.07, 6.45) is 0.933. The molecule has 6 heteroatoms. The van der Waals surface area contributed by atoms with Gasteiger partial charge in [0.25, 0.3) is 5.56 Å². The van der Waals surface area contributed by atoms with E-state index in [-0.39, 0.29) is 5.56 Å². The largest absolute Gasteiger partial charge is 0.326 e. The third-order valence-electron chi connectivity index (χ3n) is 5.88. The Hall–Kier alpha value is -2.41. The first-order valence-corrected chi connectivity index (χ1v) is 12.6. The molecule has 0 saturated carbocycles. The van der Waals surface area contributed by atoms with E-state index in [2.05, 4.69) is 56.3 Å². The van der Waals surface area contributed by atoms with Gasteiger partial charge >= 0.3 is 0 Å². The molecule has 0 saturated heterocycles. The molecule has 1 aliphatic heterocycles. The lowest BCUT2D eigenvalue weighted by atomic mass is 10.0. The van der Waals surface area contributed by atoms with Gasteiger partial charge in [-0.1, -0.05) is 66.7 Å². The van der Waals surface area contributed by atoms with Crippen LogP contribution in [-0.4, -0.2) is 21.8 Å². The minimum Gasteiger partial charge on any atom is -0.326 e. The van der Waals surface area contributed by atoms with Crippen molar-refractivity contribution < 1.29 is 4.90 Å². The smallest absolute Gasteiger partial charge is 0.267 e. The zero-order valence-electron chi connectivity index (χ0n) is 17.9. The van der Waals surface area contributed by atoms with Gasteiger partial charge in [-0.2, -0.15) is 0 Å². The molecule has 0 bridgehead atoms. The molecule has 31 heavy (non-hydrogen) atoms. The minimum absolute atomic E-state index is 0.0776. The Morgan fingerprint density at radius 3 is 2.65 bits per heavy atom. The average molecular weight is 449 g/mol. The molecule has 2 aromatic carbocycles. The maximum atomic E-state index is 13.7. The summed E-state index contributed by atoms with van der Waals surface area (Å²) >= 11 is 3.35. The SMILES string of the molecule is CCSc1nc2sc3c(c2c(=O)n1-c1ccc(C)cc1)CC[NH+](Cc1ccccc1)C3. The van der Waals surface area contributed by atoms with Gasteiger partial charge in [-0.3, -0.25) is 9.36 Å². The van der Waals surface area contributed by atoms with Crippen molar-refractivity contribution in [1.29, 1.82) is 0 Å². The van der Waals surface area contributed by atoms with E-state index in [1.54, 1.807) is 28.0 Å². The average Bonchev–Trinajstić information content (AvgIpc) is 3.13. The minimum atomic E-state index is 0.0776. The van der Waals surface area contributed by atoms with Gasteiger partial charge in [0.15, 0.2) is 5.16 Å². The predicted molar refractivity (Wildman–Crippen MR) is 130 cm³/mol. The van der Waals surface area contributed by atoms with E-state index in [1.807, 2.05) is 16.7 Å². The van der Waals surface area contributed by atoms with E-state index in [0.717, 1.165) is 52.9 Å². The zero-order chi connectivity index (χ0) is 21.4. The van der Waals surface area contributed by atoms with Crippen LogP contribution in [0.3, 0.4) is 0 Å². The van der Waals surface area contributed by atoms with Crippen LogP contribution >= 0.6 is 23.1 Å². The summed E-state index contributed by atoms with van der Waals surface area (Å²) in [7, 11) is 0. The Balaban J connectivity index is 1.57. The summed E-state index contributed by atoms with van der Waals surface area (Å²) in [4.78, 5) is 22.5. The molecule has 1 aliphatic rings. The van der Waals surface area contributed by atoms with Crippen molar-refractivity contribution in [3.05, 3.63) is 86.5 Å². The number of nitrogens with zero attached hydrogens (tertiary/aromatic N) is 2. The molecule has 2 aromatic heterocycles. The van der Waals surface area contributed by atoms with Gasteiger partial charge in [-0.25, -0.2) is 4.98 Å². The lowest BCUT2D eigenvalue weighted by Crippen LogP contribution is -3.10. The maximum absolute atomic E-state index is 13.7. The van der Waals surface area contributed by atoms with Crippen LogP contribution in [0.1, 0.15) is 28.5 Å². The van der Waals surface area contributed by atoms with Crippen LogP contribution in [0.15, 0.2) is 64.5 Å². The number of thioether (sulfide) groups is 1. The molecule has 5 rings (SSSR count). The van der Waals surface area contributed by atoms with Crippen molar-refractivity contribution in [1.82, 2.24) is 9.55 Å². The normalized spacial score (nSPS) is 15.9. The lowest BCUT2D eigenvalue weighted by molar-refractivity contribution is -0.929. The molecule has 4 nitrogen and oxygen atoms in total. The Kier molecular flexibility index (Phi) is 5.69. The summed E-state index contributed by atoms with van der Waals surface area (Å²) in [6.45, 7) is 7.19. The summed E-state index contributed by atoms with van der Waals surface area (Å²) in [6, 6.07) is 18.8. The topological polar surface area (TPSA) is 39.3 Å². The Bertz CT molecular complexity index is 1280. The molecule has 0 radical (unpaired) electrons. The lowest BCUT2D eigenvalue weighted by Gasteiger charge is -2.24. The number of thiophene rings is 1. The first kappa shape index (κ1) is 20.5. The highest BCUT2D eigenvalue weighted by molar-refractivity contribution is 7.99. The van der Waals surface area contributed by atoms with E-state index in [9.17, 15) is 4.79 Å². The third-order valence-corrected chi connectivity index (χ3v) is 7.83. The monoisotopic (exact) mass is 448 g/mol. The van der Waals surface area contributed by atoms with Crippen molar-refractivity contribution in [3.63, 3.8) is 0 Å². The number of aromatic nitrogens is 2. The molecular formula is C25H26N3OS2+. The first-order chi connectivity index (χ1) is 15.1. The highest BCUT2D eigenvalue weighted by atomic mass is 32.2. The van der Waals surface area contributed by atoms with Crippen LogP contribution in [-0.2, 0) is 19.5 Å². The highest BCUT2D eigenvalue weighted by Gasteiger charge is 2.27. The maximum Gasteiger partial charge on any atom is 0.267 e. The number of rotatable bonds is 5. The highest BCUT2D eigenvalue weighted by Crippen LogP contribution is 2.31. The van der Waals surface area contributed by atoms with E-state index in [4.69, 9.17) is 4.98 Å². The fourth-order valence-corrected chi connectivity index (χ4v) is 6.41. The summed E-state index contributed by atoms with van der Waals surface area (Å²) in [5, 5.41) is 1.62. The number of aryl methyl sites for hydroxylation is 1. The van der Waals surface area contributed by atoms with Crippen LogP contribution in [0.5, 0.6) is 0 Å². The Morgan fingerprint density at radius 2 is 1.90 bits per heavy atom. The van der Waals surface area contributed by atoms with Gasteiger partial charge in [-0.05, 0) is 30.4 Å². The molecule has 1 atom stereocenters. The van der Waals surface area contributed by atoms with E-state index in [1.165, 1.54) is 21.6 Å². The predicted octanol–water partition coefficient (Wildman–Crippen LogP) is 4.01. The van der Waals surface area contributed by atoms with E-state index >= 15 is 0 Å². The van der Waals surface area contributed by atoms with Gasteiger partial charge in [0.1, 0.15) is 17.9 Å². The fourth-order valence-electron chi connectivity index (χ4n) is 4.34. The second kappa shape index (κ2) is 8.61. The van der Waals surface area contributed by atoms with E-state index in [0.29, 0.717) is 0 Å². The number of hydrogen-bond acceptors (Lipinski definition) is 4. The molecule has 1 unspecified atom stereocenters. The van der Waals surface area contributed by atoms with Crippen molar-refractivity contribution >= 4 is 33.3 Å². The molecule has 0 fully saturated rings. The summed E-state index contributed by atoms with van der Waals surface area (Å²) in [5.74, 6) is 0.879. The second-order valence-electron chi connectivity index (χ2n) is 8.08. The number of hydrogen-bond donors (Lipinski definition) is 1. The van der Waals surface area contributed by atoms with Crippen LogP contribution < -0.4 is 10.5 Å². The van der Waals surface area contributed by atoms with Crippen molar-refractivity contribution in [2.24, 2.45) is 0 Å². The van der Waals surface area contributed by atoms with Crippen molar-refractivity contribution in [2.75, 3.05) is 12.3 Å². The molecule has 0 amide bonds. The van der Waals surface area contributed by atoms with Crippen LogP contribution in [0.25, 0.3) is 15.9 Å². The van der Waals surface area contributed by atoms with Crippen molar-refractivity contribution in [3.8, 4) is 5.69 Å². The van der Waals surface area contributed by atoms with Crippen LogP contribution in [0, 0.1) is 6.92 Å². The second-order valence-corrected chi connectivity index (χ2v) is 10.4. The molecule has 4 aromatic rings.